The summed E-state index contributed by atoms with van der Waals surface area (Å²) >= 11 is 0. The second-order valence-corrected chi connectivity index (χ2v) is 23.7. The molecule has 4 aliphatic rings. The molecular weight excluding hydrogens is 961 g/mol. The average molecular weight is 1020 g/mol. The molecule has 0 amide bonds. The minimum atomic E-state index is -0.153. The first-order valence-electron chi connectivity index (χ1n) is 28.4. The summed E-state index contributed by atoms with van der Waals surface area (Å²) < 4.78 is 0. The summed E-state index contributed by atoms with van der Waals surface area (Å²) in [5, 5.41) is 5.21. The molecule has 0 heteroatoms. The quantitative estimate of drug-likeness (QED) is 0.156. The third kappa shape index (κ3) is 6.06. The fourth-order valence-corrected chi connectivity index (χ4v) is 15.4. The molecule has 0 aliphatic heterocycles. The van der Waals surface area contributed by atoms with Gasteiger partial charge in [-0.05, 0) is 189 Å². The van der Waals surface area contributed by atoms with E-state index in [0.717, 1.165) is 0 Å². The van der Waals surface area contributed by atoms with Crippen LogP contribution >= 0.6 is 0 Å². The molecule has 17 rings (SSSR count). The topological polar surface area (TPSA) is 0 Å². The Hall–Kier alpha value is -9.62. The lowest BCUT2D eigenvalue weighted by molar-refractivity contribution is 0.660. The molecule has 0 heterocycles. The van der Waals surface area contributed by atoms with Crippen molar-refractivity contribution in [3.05, 3.63) is 277 Å². The molecule has 0 spiro atoms. The Labute approximate surface area is 468 Å². The number of hydrogen-bond donors (Lipinski definition) is 0. The van der Waals surface area contributed by atoms with Gasteiger partial charge in [0, 0.05) is 10.8 Å². The fourth-order valence-electron chi connectivity index (χ4n) is 15.4. The van der Waals surface area contributed by atoms with E-state index in [1.54, 1.807) is 0 Å². The molecule has 0 unspecified atom stereocenters. The summed E-state index contributed by atoms with van der Waals surface area (Å²) in [6.07, 6.45) is 0. The average Bonchev–Trinajstić information content (AvgIpc) is 4.37. The zero-order chi connectivity index (χ0) is 53.2. The molecule has 0 fully saturated rings. The molecule has 0 saturated heterocycles. The molecule has 4 aliphatic carbocycles. The molecule has 0 radical (unpaired) electrons. The molecule has 13 aromatic rings. The number of fused-ring (bicyclic) bond motifs is 13. The van der Waals surface area contributed by atoms with Gasteiger partial charge in [-0.1, -0.05) is 270 Å². The molecule has 0 atom stereocenters. The van der Waals surface area contributed by atoms with Crippen LogP contribution in [0.1, 0.15) is 49.9 Å². The van der Waals surface area contributed by atoms with Crippen LogP contribution in [0.3, 0.4) is 0 Å². The van der Waals surface area contributed by atoms with Crippen LogP contribution in [-0.2, 0) is 10.8 Å². The first-order chi connectivity index (χ1) is 39.3. The fraction of sp³-hybridized carbons (Fsp3) is 0.0750. The highest BCUT2D eigenvalue weighted by atomic mass is 14.4. The van der Waals surface area contributed by atoms with Gasteiger partial charge in [0.15, 0.2) is 0 Å². The molecule has 0 N–H and O–H groups in total. The van der Waals surface area contributed by atoms with E-state index in [1.165, 1.54) is 177 Å². The number of benzene rings is 13. The van der Waals surface area contributed by atoms with E-state index in [-0.39, 0.29) is 10.8 Å². The molecule has 0 saturated carbocycles. The summed E-state index contributed by atoms with van der Waals surface area (Å²) in [5.41, 5.74) is 36.1. The van der Waals surface area contributed by atoms with Gasteiger partial charge in [0.25, 0.3) is 0 Å². The van der Waals surface area contributed by atoms with Crippen LogP contribution in [0.15, 0.2) is 255 Å². The Morgan fingerprint density at radius 1 is 0.188 bits per heavy atom. The first-order valence-corrected chi connectivity index (χ1v) is 28.4. The summed E-state index contributed by atoms with van der Waals surface area (Å²) in [7, 11) is 0. The van der Waals surface area contributed by atoms with Crippen LogP contribution in [0.5, 0.6) is 0 Å². The van der Waals surface area contributed by atoms with Gasteiger partial charge in [0.05, 0.1) is 0 Å². The zero-order valence-corrected chi connectivity index (χ0v) is 45.2. The molecule has 0 aromatic heterocycles. The van der Waals surface area contributed by atoms with E-state index < -0.39 is 0 Å². The van der Waals surface area contributed by atoms with E-state index in [0.29, 0.717) is 0 Å². The van der Waals surface area contributed by atoms with Gasteiger partial charge in [0.1, 0.15) is 0 Å². The van der Waals surface area contributed by atoms with Crippen molar-refractivity contribution in [2.24, 2.45) is 0 Å². The zero-order valence-electron chi connectivity index (χ0n) is 45.2. The van der Waals surface area contributed by atoms with Crippen molar-refractivity contribution in [2.45, 2.75) is 38.5 Å². The maximum Gasteiger partial charge on any atom is 0.0159 e. The van der Waals surface area contributed by atoms with Crippen molar-refractivity contribution >= 4 is 21.5 Å². The van der Waals surface area contributed by atoms with Crippen molar-refractivity contribution in [1.82, 2.24) is 0 Å². The van der Waals surface area contributed by atoms with Crippen LogP contribution in [0.2, 0.25) is 0 Å². The van der Waals surface area contributed by atoms with Gasteiger partial charge in [-0.3, -0.25) is 0 Å². The van der Waals surface area contributed by atoms with Crippen LogP contribution in [0, 0.1) is 0 Å². The molecule has 80 heavy (non-hydrogen) atoms. The van der Waals surface area contributed by atoms with Crippen LogP contribution in [0.4, 0.5) is 0 Å². The lowest BCUT2D eigenvalue weighted by Gasteiger charge is -2.24. The minimum absolute atomic E-state index is 0.131. The van der Waals surface area contributed by atoms with E-state index in [4.69, 9.17) is 0 Å². The van der Waals surface area contributed by atoms with E-state index >= 15 is 0 Å². The Bertz CT molecular complexity index is 4850. The largest absolute Gasteiger partial charge is 0.0622 e. The highest BCUT2D eigenvalue weighted by molar-refractivity contribution is 6.34. The number of hydrogen-bond acceptors (Lipinski definition) is 0. The van der Waals surface area contributed by atoms with Crippen LogP contribution < -0.4 is 0 Å². The van der Waals surface area contributed by atoms with Crippen molar-refractivity contribution in [3.8, 4) is 134 Å². The Morgan fingerprint density at radius 2 is 0.537 bits per heavy atom. The van der Waals surface area contributed by atoms with Crippen molar-refractivity contribution < 1.29 is 0 Å². The maximum absolute atomic E-state index is 2.54. The van der Waals surface area contributed by atoms with Gasteiger partial charge < -0.3 is 0 Å². The number of rotatable bonds is 6. The first kappa shape index (κ1) is 45.4. The monoisotopic (exact) mass is 1010 g/mol. The van der Waals surface area contributed by atoms with Gasteiger partial charge in [0.2, 0.25) is 0 Å². The predicted molar refractivity (Wildman–Crippen MR) is 338 cm³/mol. The standard InChI is InChI=1S/C80H54/c1-79(2)67-33-19-17-28-55(67)57-37-35-49(45-69(57)79)53-39-40-62(54-27-13-11-25-51(54)47-21-7-5-8-22-47)74-64-42-44-66-76-65(43-41-63(72(53)74)75(64)76)77-71(50-36-38-58-56-29-18-20-34-68(56)80(3,4)70(58)46-50)60-31-15-16-32-61(60)73(78(66)77)59-30-14-12-26-52(59)48-23-9-6-10-24-48/h5-46H,1-4H3. The summed E-state index contributed by atoms with van der Waals surface area (Å²) in [6.45, 7) is 9.61. The molecule has 13 aromatic carbocycles. The lowest BCUT2D eigenvalue weighted by Crippen LogP contribution is -2.14. The highest BCUT2D eigenvalue weighted by Gasteiger charge is 2.40. The smallest absolute Gasteiger partial charge is 0.0159 e. The van der Waals surface area contributed by atoms with Crippen molar-refractivity contribution in [2.75, 3.05) is 0 Å². The van der Waals surface area contributed by atoms with Gasteiger partial charge >= 0.3 is 0 Å². The Kier molecular flexibility index (Phi) is 9.34. The lowest BCUT2D eigenvalue weighted by atomic mass is 9.78. The highest BCUT2D eigenvalue weighted by Crippen LogP contribution is 2.65. The van der Waals surface area contributed by atoms with Gasteiger partial charge in [-0.25, -0.2) is 0 Å². The van der Waals surface area contributed by atoms with Crippen LogP contribution in [-0.4, -0.2) is 0 Å². The molecule has 0 nitrogen and oxygen atoms in total. The summed E-state index contributed by atoms with van der Waals surface area (Å²) in [4.78, 5) is 0. The third-order valence-corrected chi connectivity index (χ3v) is 19.0. The third-order valence-electron chi connectivity index (χ3n) is 19.0. The maximum atomic E-state index is 2.54. The van der Waals surface area contributed by atoms with E-state index in [9.17, 15) is 0 Å². The van der Waals surface area contributed by atoms with E-state index in [2.05, 4.69) is 282 Å². The molecule has 374 valence electrons. The van der Waals surface area contributed by atoms with Crippen LogP contribution in [0.25, 0.3) is 155 Å². The van der Waals surface area contributed by atoms with E-state index in [1.807, 2.05) is 0 Å². The predicted octanol–water partition coefficient (Wildman–Crippen LogP) is 21.9. The van der Waals surface area contributed by atoms with Gasteiger partial charge in [-0.2, -0.15) is 0 Å². The van der Waals surface area contributed by atoms with Crippen molar-refractivity contribution in [3.63, 3.8) is 0 Å². The van der Waals surface area contributed by atoms with Gasteiger partial charge in [-0.15, -0.1) is 0 Å². The summed E-state index contributed by atoms with van der Waals surface area (Å²) in [5.74, 6) is 0. The SMILES string of the molecule is CC1(C)c2ccccc2-c2ccc(-c3ccc(-c4ccccc4-c4ccccc4)c4c3-c3ccc5c6c(ccc-4c36)-c3c-5c(-c4ccc5c(c4)C(C)(C)c4ccccc4-5)c4ccccc4c3-c3ccccc3-c3ccccc3)cc21. The molecular formula is C80H54. The minimum Gasteiger partial charge on any atom is -0.0622 e. The normalized spacial score (nSPS) is 13.9. The second kappa shape index (κ2) is 16.5. The van der Waals surface area contributed by atoms with Crippen molar-refractivity contribution in [1.29, 1.82) is 0 Å². The Morgan fingerprint density at radius 3 is 1.10 bits per heavy atom. The Balaban J connectivity index is 0.976. The summed E-state index contributed by atoms with van der Waals surface area (Å²) in [6, 6.07) is 96.9. The molecule has 0 bridgehead atoms. The second-order valence-electron chi connectivity index (χ2n) is 23.7.